The predicted molar refractivity (Wildman–Crippen MR) is 101 cm³/mol. The Bertz CT molecular complexity index is 796. The molecule has 0 radical (unpaired) electrons. The summed E-state index contributed by atoms with van der Waals surface area (Å²) in [6, 6.07) is 16.7. The highest BCUT2D eigenvalue weighted by molar-refractivity contribution is 7.08. The van der Waals surface area contributed by atoms with Gasteiger partial charge < -0.3 is 14.8 Å². The number of carbonyl (C=O) groups excluding carboxylic acids is 1. The van der Waals surface area contributed by atoms with Gasteiger partial charge in [-0.2, -0.15) is 11.3 Å². The fourth-order valence-corrected chi connectivity index (χ4v) is 2.97. The molecule has 0 saturated heterocycles. The summed E-state index contributed by atoms with van der Waals surface area (Å²) in [5.74, 6) is 2.23. The van der Waals surface area contributed by atoms with Crippen LogP contribution in [0.5, 0.6) is 17.2 Å². The molecule has 1 aromatic heterocycles. The summed E-state index contributed by atoms with van der Waals surface area (Å²) in [5, 5.41) is 6.83. The third-order valence-corrected chi connectivity index (χ3v) is 4.19. The highest BCUT2D eigenvalue weighted by atomic mass is 32.1. The van der Waals surface area contributed by atoms with Gasteiger partial charge in [-0.25, -0.2) is 0 Å². The van der Waals surface area contributed by atoms with Gasteiger partial charge in [0.25, 0.3) is 0 Å². The average Bonchev–Trinajstić information content (AvgIpc) is 3.11. The van der Waals surface area contributed by atoms with Gasteiger partial charge in [-0.3, -0.25) is 4.79 Å². The second kappa shape index (κ2) is 8.35. The summed E-state index contributed by atoms with van der Waals surface area (Å²) >= 11 is 1.59. The minimum atomic E-state index is -0.0291. The van der Waals surface area contributed by atoms with E-state index in [1.165, 1.54) is 0 Å². The van der Waals surface area contributed by atoms with Crippen LogP contribution < -0.4 is 14.8 Å². The van der Waals surface area contributed by atoms with Crippen molar-refractivity contribution >= 4 is 22.9 Å². The van der Waals surface area contributed by atoms with Crippen molar-refractivity contribution in [1.82, 2.24) is 0 Å². The van der Waals surface area contributed by atoms with E-state index in [0.717, 1.165) is 22.7 Å². The van der Waals surface area contributed by atoms with Gasteiger partial charge in [0.2, 0.25) is 5.91 Å². The normalized spacial score (nSPS) is 10.3. The Kier molecular flexibility index (Phi) is 5.69. The maximum absolute atomic E-state index is 12.0. The van der Waals surface area contributed by atoms with E-state index in [2.05, 4.69) is 5.32 Å². The molecule has 0 aliphatic heterocycles. The molecule has 0 fully saturated rings. The first-order valence-electron chi connectivity index (χ1n) is 8.04. The molecule has 0 unspecified atom stereocenters. The van der Waals surface area contributed by atoms with Crippen LogP contribution in [-0.2, 0) is 11.2 Å². The number of rotatable bonds is 7. The van der Waals surface area contributed by atoms with Gasteiger partial charge in [-0.1, -0.05) is 0 Å². The van der Waals surface area contributed by atoms with Crippen molar-refractivity contribution in [2.75, 3.05) is 11.9 Å². The lowest BCUT2D eigenvalue weighted by atomic mass is 10.2. The molecular weight excluding hydrogens is 334 g/mol. The SMILES string of the molecule is CCOc1ccc(Oc2ccc(NC(=O)Cc3ccsc3)cc2)cc1. The number of thiophene rings is 1. The van der Waals surface area contributed by atoms with E-state index in [9.17, 15) is 4.79 Å². The van der Waals surface area contributed by atoms with E-state index >= 15 is 0 Å². The van der Waals surface area contributed by atoms with E-state index in [4.69, 9.17) is 9.47 Å². The van der Waals surface area contributed by atoms with Crippen molar-refractivity contribution in [1.29, 1.82) is 0 Å². The van der Waals surface area contributed by atoms with E-state index in [1.807, 2.05) is 72.3 Å². The summed E-state index contributed by atoms with van der Waals surface area (Å²) in [6.07, 6.45) is 0.383. The second-order valence-corrected chi connectivity index (χ2v) is 6.17. The van der Waals surface area contributed by atoms with Crippen molar-refractivity contribution < 1.29 is 14.3 Å². The third kappa shape index (κ3) is 5.09. The van der Waals surface area contributed by atoms with Crippen LogP contribution in [0.4, 0.5) is 5.69 Å². The molecule has 0 aliphatic rings. The lowest BCUT2D eigenvalue weighted by Gasteiger charge is -2.09. The zero-order valence-corrected chi connectivity index (χ0v) is 14.7. The first-order valence-corrected chi connectivity index (χ1v) is 8.99. The van der Waals surface area contributed by atoms with Gasteiger partial charge >= 0.3 is 0 Å². The molecule has 4 nitrogen and oxygen atoms in total. The Hall–Kier alpha value is -2.79. The number of amides is 1. The molecule has 0 spiro atoms. The molecule has 0 bridgehead atoms. The molecule has 2 aromatic carbocycles. The highest BCUT2D eigenvalue weighted by Gasteiger charge is 2.05. The molecule has 0 saturated carbocycles. The van der Waals surface area contributed by atoms with Gasteiger partial charge in [-0.05, 0) is 77.8 Å². The molecule has 0 atom stereocenters. The third-order valence-electron chi connectivity index (χ3n) is 3.45. The molecule has 5 heteroatoms. The fourth-order valence-electron chi connectivity index (χ4n) is 2.30. The molecule has 1 amide bonds. The van der Waals surface area contributed by atoms with Gasteiger partial charge in [0.15, 0.2) is 0 Å². The quantitative estimate of drug-likeness (QED) is 0.641. The van der Waals surface area contributed by atoms with Crippen LogP contribution in [0, 0.1) is 0 Å². The number of hydrogen-bond acceptors (Lipinski definition) is 4. The van der Waals surface area contributed by atoms with Crippen molar-refractivity contribution in [3.63, 3.8) is 0 Å². The first kappa shape index (κ1) is 17.0. The van der Waals surface area contributed by atoms with Crippen LogP contribution in [-0.4, -0.2) is 12.5 Å². The minimum absolute atomic E-state index is 0.0291. The molecule has 1 N–H and O–H groups in total. The van der Waals surface area contributed by atoms with Gasteiger partial charge in [0, 0.05) is 5.69 Å². The lowest BCUT2D eigenvalue weighted by Crippen LogP contribution is -2.13. The van der Waals surface area contributed by atoms with Crippen LogP contribution >= 0.6 is 11.3 Å². The maximum Gasteiger partial charge on any atom is 0.228 e. The monoisotopic (exact) mass is 353 g/mol. The van der Waals surface area contributed by atoms with E-state index in [1.54, 1.807) is 11.3 Å². The van der Waals surface area contributed by atoms with Gasteiger partial charge in [0.05, 0.1) is 13.0 Å². The van der Waals surface area contributed by atoms with Gasteiger partial charge in [0.1, 0.15) is 17.2 Å². The Labute approximate surface area is 151 Å². The van der Waals surface area contributed by atoms with Crippen LogP contribution in [0.25, 0.3) is 0 Å². The molecule has 0 aliphatic carbocycles. The van der Waals surface area contributed by atoms with Crippen LogP contribution in [0.15, 0.2) is 65.4 Å². The Morgan fingerprint density at radius 2 is 1.60 bits per heavy atom. The molecule has 3 aromatic rings. The standard InChI is InChI=1S/C20H19NO3S/c1-2-23-17-7-9-19(10-8-17)24-18-5-3-16(4-6-18)21-20(22)13-15-11-12-25-14-15/h3-12,14H,2,13H2,1H3,(H,21,22). The summed E-state index contributed by atoms with van der Waals surface area (Å²) < 4.78 is 11.2. The Morgan fingerprint density at radius 1 is 0.960 bits per heavy atom. The number of hydrogen-bond donors (Lipinski definition) is 1. The summed E-state index contributed by atoms with van der Waals surface area (Å²) in [7, 11) is 0. The van der Waals surface area contributed by atoms with Crippen LogP contribution in [0.2, 0.25) is 0 Å². The first-order chi connectivity index (χ1) is 12.2. The lowest BCUT2D eigenvalue weighted by molar-refractivity contribution is -0.115. The van der Waals surface area contributed by atoms with Crippen molar-refractivity contribution in [2.24, 2.45) is 0 Å². The number of ether oxygens (including phenoxy) is 2. The zero-order chi connectivity index (χ0) is 17.5. The fraction of sp³-hybridized carbons (Fsp3) is 0.150. The topological polar surface area (TPSA) is 47.6 Å². The summed E-state index contributed by atoms with van der Waals surface area (Å²) in [6.45, 7) is 2.59. The van der Waals surface area contributed by atoms with Crippen molar-refractivity contribution in [3.05, 3.63) is 70.9 Å². The summed E-state index contributed by atoms with van der Waals surface area (Å²) in [5.41, 5.74) is 1.78. The molecule has 128 valence electrons. The smallest absolute Gasteiger partial charge is 0.228 e. The number of anilines is 1. The number of benzene rings is 2. The highest BCUT2D eigenvalue weighted by Crippen LogP contribution is 2.25. The summed E-state index contributed by atoms with van der Waals surface area (Å²) in [4.78, 5) is 12.0. The average molecular weight is 353 g/mol. The second-order valence-electron chi connectivity index (χ2n) is 5.39. The van der Waals surface area contributed by atoms with E-state index in [-0.39, 0.29) is 5.91 Å². The zero-order valence-electron chi connectivity index (χ0n) is 13.9. The Balaban J connectivity index is 1.55. The van der Waals surface area contributed by atoms with Crippen molar-refractivity contribution in [3.8, 4) is 17.2 Å². The Morgan fingerprint density at radius 3 is 2.20 bits per heavy atom. The molecular formula is C20H19NO3S. The minimum Gasteiger partial charge on any atom is -0.494 e. The maximum atomic E-state index is 12.0. The van der Waals surface area contributed by atoms with E-state index in [0.29, 0.717) is 18.8 Å². The van der Waals surface area contributed by atoms with Gasteiger partial charge in [-0.15, -0.1) is 0 Å². The van der Waals surface area contributed by atoms with Crippen molar-refractivity contribution in [2.45, 2.75) is 13.3 Å². The van der Waals surface area contributed by atoms with Crippen LogP contribution in [0.1, 0.15) is 12.5 Å². The number of nitrogens with one attached hydrogen (secondary N) is 1. The molecule has 3 rings (SSSR count). The van der Waals surface area contributed by atoms with E-state index < -0.39 is 0 Å². The number of carbonyl (C=O) groups is 1. The molecule has 25 heavy (non-hydrogen) atoms. The molecule has 1 heterocycles. The predicted octanol–water partition coefficient (Wildman–Crippen LogP) is 5.12. The largest absolute Gasteiger partial charge is 0.494 e. The van der Waals surface area contributed by atoms with Crippen LogP contribution in [0.3, 0.4) is 0 Å².